The van der Waals surface area contributed by atoms with Gasteiger partial charge < -0.3 is 10.6 Å². The summed E-state index contributed by atoms with van der Waals surface area (Å²) in [6.45, 7) is 4.20. The predicted octanol–water partition coefficient (Wildman–Crippen LogP) is 3.87. The normalized spacial score (nSPS) is 10.5. The quantitative estimate of drug-likeness (QED) is 0.788. The molecule has 0 aliphatic carbocycles. The summed E-state index contributed by atoms with van der Waals surface area (Å²) in [5.74, 6) is 0.0340. The van der Waals surface area contributed by atoms with Crippen LogP contribution in [0.3, 0.4) is 0 Å². The minimum Gasteiger partial charge on any atom is -0.347 e. The highest BCUT2D eigenvalue weighted by molar-refractivity contribution is 9.10. The van der Waals surface area contributed by atoms with E-state index in [-0.39, 0.29) is 24.8 Å². The number of nitrogens with one attached hydrogen (secondary N) is 2. The lowest BCUT2D eigenvalue weighted by Gasteiger charge is -2.09. The second-order valence-corrected chi connectivity index (χ2v) is 6.82. The van der Waals surface area contributed by atoms with Crippen molar-refractivity contribution >= 4 is 33.4 Å². The van der Waals surface area contributed by atoms with E-state index < -0.39 is 0 Å². The first-order chi connectivity index (χ1) is 11.4. The molecule has 0 saturated carbocycles. The summed E-state index contributed by atoms with van der Waals surface area (Å²) < 4.78 is 0.967. The van der Waals surface area contributed by atoms with Crippen molar-refractivity contribution in [2.24, 2.45) is 0 Å². The topological polar surface area (TPSA) is 58.2 Å². The smallest absolute Gasteiger partial charge is 0.243 e. The largest absolute Gasteiger partial charge is 0.347 e. The van der Waals surface area contributed by atoms with Crippen molar-refractivity contribution in [3.8, 4) is 0 Å². The minimum absolute atomic E-state index is 0.0404. The Kier molecular flexibility index (Phi) is 6.55. The number of rotatable bonds is 6. The number of hydrogen-bond acceptors (Lipinski definition) is 2. The first kappa shape index (κ1) is 18.2. The van der Waals surface area contributed by atoms with Gasteiger partial charge in [0.25, 0.3) is 0 Å². The van der Waals surface area contributed by atoms with Crippen LogP contribution in [0.4, 0.5) is 5.69 Å². The Labute approximate surface area is 150 Å². The van der Waals surface area contributed by atoms with Crippen LogP contribution in [0, 0.1) is 0 Å². The van der Waals surface area contributed by atoms with E-state index in [0.29, 0.717) is 5.92 Å². The zero-order valence-corrected chi connectivity index (χ0v) is 15.4. The average Bonchev–Trinajstić information content (AvgIpc) is 2.55. The molecule has 2 N–H and O–H groups in total. The molecule has 0 saturated heterocycles. The Morgan fingerprint density at radius 3 is 2.17 bits per heavy atom. The van der Waals surface area contributed by atoms with E-state index in [4.69, 9.17) is 0 Å². The van der Waals surface area contributed by atoms with Gasteiger partial charge in [-0.2, -0.15) is 0 Å². The molecule has 2 aromatic rings. The van der Waals surface area contributed by atoms with Crippen molar-refractivity contribution in [2.45, 2.75) is 26.2 Å². The third-order valence-corrected chi connectivity index (χ3v) is 4.11. The Hall–Kier alpha value is -2.14. The molecular formula is C19H21BrN2O2. The van der Waals surface area contributed by atoms with Crippen molar-refractivity contribution in [2.75, 3.05) is 11.9 Å². The fourth-order valence-electron chi connectivity index (χ4n) is 2.19. The zero-order valence-electron chi connectivity index (χ0n) is 13.8. The minimum atomic E-state index is -0.239. The Morgan fingerprint density at radius 2 is 1.58 bits per heavy atom. The number of carbonyl (C=O) groups is 2. The molecule has 0 unspecified atom stereocenters. The van der Waals surface area contributed by atoms with Gasteiger partial charge in [-0.05, 0) is 41.3 Å². The van der Waals surface area contributed by atoms with Gasteiger partial charge in [0.15, 0.2) is 0 Å². The molecule has 126 valence electrons. The molecule has 2 rings (SSSR count). The lowest BCUT2D eigenvalue weighted by atomic mass is 10.0. The SMILES string of the molecule is CC(C)c1ccc(NC(=O)CNC(=O)Cc2ccc(Br)cc2)cc1. The van der Waals surface area contributed by atoms with Crippen LogP contribution in [0.2, 0.25) is 0 Å². The van der Waals surface area contributed by atoms with Gasteiger partial charge in [-0.1, -0.05) is 54.0 Å². The van der Waals surface area contributed by atoms with Gasteiger partial charge in [0.05, 0.1) is 13.0 Å². The summed E-state index contributed by atoms with van der Waals surface area (Å²) in [7, 11) is 0. The molecule has 4 nitrogen and oxygen atoms in total. The van der Waals surface area contributed by atoms with Crippen molar-refractivity contribution in [1.82, 2.24) is 5.32 Å². The summed E-state index contributed by atoms with van der Waals surface area (Å²) >= 11 is 3.35. The maximum atomic E-state index is 11.9. The fraction of sp³-hybridized carbons (Fsp3) is 0.263. The maximum Gasteiger partial charge on any atom is 0.243 e. The molecule has 0 aliphatic rings. The van der Waals surface area contributed by atoms with Crippen molar-refractivity contribution < 1.29 is 9.59 Å². The molecule has 0 aromatic heterocycles. The van der Waals surface area contributed by atoms with Crippen LogP contribution in [-0.2, 0) is 16.0 Å². The van der Waals surface area contributed by atoms with Crippen LogP contribution in [0.15, 0.2) is 53.0 Å². The van der Waals surface area contributed by atoms with Crippen LogP contribution in [0.1, 0.15) is 30.9 Å². The third kappa shape index (κ3) is 5.81. The van der Waals surface area contributed by atoms with Crippen LogP contribution < -0.4 is 10.6 Å². The molecule has 0 bridgehead atoms. The van der Waals surface area contributed by atoms with Crippen LogP contribution in [0.25, 0.3) is 0 Å². The number of halogens is 1. The van der Waals surface area contributed by atoms with Crippen LogP contribution in [0.5, 0.6) is 0 Å². The van der Waals surface area contributed by atoms with E-state index in [1.807, 2.05) is 48.5 Å². The maximum absolute atomic E-state index is 11.9. The summed E-state index contributed by atoms with van der Waals surface area (Å²) in [4.78, 5) is 23.8. The molecule has 24 heavy (non-hydrogen) atoms. The highest BCUT2D eigenvalue weighted by atomic mass is 79.9. The van der Waals surface area contributed by atoms with Crippen molar-refractivity contribution in [1.29, 1.82) is 0 Å². The van der Waals surface area contributed by atoms with Gasteiger partial charge in [-0.25, -0.2) is 0 Å². The van der Waals surface area contributed by atoms with Crippen molar-refractivity contribution in [3.05, 3.63) is 64.1 Å². The molecule has 0 atom stereocenters. The lowest BCUT2D eigenvalue weighted by molar-refractivity contribution is -0.123. The molecule has 0 fully saturated rings. The highest BCUT2D eigenvalue weighted by Crippen LogP contribution is 2.17. The van der Waals surface area contributed by atoms with Crippen LogP contribution in [-0.4, -0.2) is 18.4 Å². The number of anilines is 1. The molecule has 0 radical (unpaired) electrons. The monoisotopic (exact) mass is 388 g/mol. The summed E-state index contributed by atoms with van der Waals surface area (Å²) in [5.41, 5.74) is 2.85. The first-order valence-corrected chi connectivity index (χ1v) is 8.64. The lowest BCUT2D eigenvalue weighted by Crippen LogP contribution is -2.33. The molecule has 5 heteroatoms. The van der Waals surface area contributed by atoms with Gasteiger partial charge in [0.2, 0.25) is 11.8 Å². The second kappa shape index (κ2) is 8.64. The molecule has 0 heterocycles. The van der Waals surface area contributed by atoms with Gasteiger partial charge in [-0.15, -0.1) is 0 Å². The predicted molar refractivity (Wildman–Crippen MR) is 100 cm³/mol. The molecule has 0 spiro atoms. The Bertz CT molecular complexity index is 694. The zero-order chi connectivity index (χ0) is 17.5. The van der Waals surface area contributed by atoms with E-state index >= 15 is 0 Å². The average molecular weight is 389 g/mol. The molecule has 0 aliphatic heterocycles. The van der Waals surface area contributed by atoms with Crippen molar-refractivity contribution in [3.63, 3.8) is 0 Å². The number of hydrogen-bond donors (Lipinski definition) is 2. The van der Waals surface area contributed by atoms with Gasteiger partial charge in [0.1, 0.15) is 0 Å². The highest BCUT2D eigenvalue weighted by Gasteiger charge is 2.07. The Morgan fingerprint density at radius 1 is 0.958 bits per heavy atom. The summed E-state index contributed by atoms with van der Waals surface area (Å²) in [6.07, 6.45) is 0.254. The summed E-state index contributed by atoms with van der Waals surface area (Å²) in [5, 5.41) is 5.41. The number of amides is 2. The van der Waals surface area contributed by atoms with E-state index in [1.54, 1.807) is 0 Å². The van der Waals surface area contributed by atoms with Gasteiger partial charge in [0, 0.05) is 10.2 Å². The summed E-state index contributed by atoms with van der Waals surface area (Å²) in [6, 6.07) is 15.2. The number of carbonyl (C=O) groups excluding carboxylic acids is 2. The molecule has 2 aromatic carbocycles. The van der Waals surface area contributed by atoms with E-state index in [0.717, 1.165) is 15.7 Å². The third-order valence-electron chi connectivity index (χ3n) is 3.59. The van der Waals surface area contributed by atoms with E-state index in [2.05, 4.69) is 40.4 Å². The number of benzene rings is 2. The van der Waals surface area contributed by atoms with E-state index in [1.165, 1.54) is 5.56 Å². The molecule has 2 amide bonds. The first-order valence-electron chi connectivity index (χ1n) is 7.85. The Balaban J connectivity index is 1.77. The van der Waals surface area contributed by atoms with E-state index in [9.17, 15) is 9.59 Å². The van der Waals surface area contributed by atoms with Gasteiger partial charge >= 0.3 is 0 Å². The van der Waals surface area contributed by atoms with Crippen LogP contribution >= 0.6 is 15.9 Å². The van der Waals surface area contributed by atoms with Gasteiger partial charge in [-0.3, -0.25) is 9.59 Å². The standard InChI is InChI=1S/C19H21BrN2O2/c1-13(2)15-5-9-17(10-6-15)22-19(24)12-21-18(23)11-14-3-7-16(20)8-4-14/h3-10,13H,11-12H2,1-2H3,(H,21,23)(H,22,24). The fourth-order valence-corrected chi connectivity index (χ4v) is 2.45. The molecular weight excluding hydrogens is 368 g/mol. The second-order valence-electron chi connectivity index (χ2n) is 5.90.